The van der Waals surface area contributed by atoms with Crippen LogP contribution in [-0.2, 0) is 0 Å². The fourth-order valence-corrected chi connectivity index (χ4v) is 2.75. The van der Waals surface area contributed by atoms with Crippen LogP contribution in [0.1, 0.15) is 59.3 Å². The zero-order chi connectivity index (χ0) is 13.6. The smallest absolute Gasteiger partial charge is 0.144 e. The van der Waals surface area contributed by atoms with Gasteiger partial charge >= 0.3 is 0 Å². The van der Waals surface area contributed by atoms with E-state index in [9.17, 15) is 0 Å². The summed E-state index contributed by atoms with van der Waals surface area (Å²) in [6, 6.07) is 0.625. The first kappa shape index (κ1) is 15.3. The van der Waals surface area contributed by atoms with Gasteiger partial charge in [0.1, 0.15) is 5.84 Å². The number of oxime groups is 1. The summed E-state index contributed by atoms with van der Waals surface area (Å²) in [5, 5.41) is 15.4. The minimum absolute atomic E-state index is 0.215. The largest absolute Gasteiger partial charge is 0.409 e. The third-order valence-electron chi connectivity index (χ3n) is 4.35. The van der Waals surface area contributed by atoms with Gasteiger partial charge in [-0.25, -0.2) is 0 Å². The lowest BCUT2D eigenvalue weighted by atomic mass is 9.86. The lowest BCUT2D eigenvalue weighted by Crippen LogP contribution is -2.35. The maximum Gasteiger partial charge on any atom is 0.144 e. The third kappa shape index (κ3) is 4.48. The molecule has 4 nitrogen and oxygen atoms in total. The SMILES string of the molecule is C[C@@H](NCCCC(C)(C)C(N)=NO)C1CCCC1. The quantitative estimate of drug-likeness (QED) is 0.215. The van der Waals surface area contributed by atoms with Gasteiger partial charge in [0.05, 0.1) is 0 Å². The number of amidine groups is 1. The second kappa shape index (κ2) is 6.98. The highest BCUT2D eigenvalue weighted by Crippen LogP contribution is 2.27. The average Bonchev–Trinajstić information content (AvgIpc) is 2.87. The van der Waals surface area contributed by atoms with Crippen molar-refractivity contribution >= 4 is 5.84 Å². The predicted octanol–water partition coefficient (Wildman–Crippen LogP) is 2.71. The molecule has 4 N–H and O–H groups in total. The van der Waals surface area contributed by atoms with Gasteiger partial charge in [-0.2, -0.15) is 0 Å². The van der Waals surface area contributed by atoms with Gasteiger partial charge in [0.15, 0.2) is 0 Å². The Morgan fingerprint density at radius 1 is 1.44 bits per heavy atom. The highest BCUT2D eigenvalue weighted by Gasteiger charge is 2.24. The number of hydrogen-bond donors (Lipinski definition) is 3. The summed E-state index contributed by atoms with van der Waals surface area (Å²) in [4.78, 5) is 0. The summed E-state index contributed by atoms with van der Waals surface area (Å²) in [5.74, 6) is 1.19. The molecule has 0 aromatic heterocycles. The molecular formula is C14H29N3O. The summed E-state index contributed by atoms with van der Waals surface area (Å²) in [6.45, 7) is 7.34. The van der Waals surface area contributed by atoms with E-state index in [-0.39, 0.29) is 5.41 Å². The van der Waals surface area contributed by atoms with Crippen molar-refractivity contribution in [2.75, 3.05) is 6.54 Å². The van der Waals surface area contributed by atoms with E-state index in [1.54, 1.807) is 0 Å². The van der Waals surface area contributed by atoms with Crippen LogP contribution in [0.3, 0.4) is 0 Å². The molecule has 0 amide bonds. The summed E-state index contributed by atoms with van der Waals surface area (Å²) in [5.41, 5.74) is 5.46. The summed E-state index contributed by atoms with van der Waals surface area (Å²) < 4.78 is 0. The summed E-state index contributed by atoms with van der Waals surface area (Å²) >= 11 is 0. The molecule has 1 aliphatic rings. The van der Waals surface area contributed by atoms with E-state index in [1.807, 2.05) is 13.8 Å². The molecule has 1 aliphatic carbocycles. The molecule has 0 aromatic carbocycles. The van der Waals surface area contributed by atoms with Crippen LogP contribution in [0.4, 0.5) is 0 Å². The van der Waals surface area contributed by atoms with Crippen molar-refractivity contribution in [1.82, 2.24) is 5.32 Å². The predicted molar refractivity (Wildman–Crippen MR) is 75.8 cm³/mol. The number of hydrogen-bond acceptors (Lipinski definition) is 3. The Bertz CT molecular complexity index is 270. The highest BCUT2D eigenvalue weighted by atomic mass is 16.4. The van der Waals surface area contributed by atoms with Crippen molar-refractivity contribution in [2.24, 2.45) is 22.2 Å². The minimum Gasteiger partial charge on any atom is -0.409 e. The first-order chi connectivity index (χ1) is 8.47. The summed E-state index contributed by atoms with van der Waals surface area (Å²) in [6.07, 6.45) is 7.54. The second-order valence-electron chi connectivity index (χ2n) is 6.26. The number of nitrogens with zero attached hydrogens (tertiary/aromatic N) is 1. The van der Waals surface area contributed by atoms with E-state index in [0.717, 1.165) is 25.3 Å². The van der Waals surface area contributed by atoms with Crippen LogP contribution in [0, 0.1) is 11.3 Å². The third-order valence-corrected chi connectivity index (χ3v) is 4.35. The number of nitrogens with one attached hydrogen (secondary N) is 1. The molecule has 18 heavy (non-hydrogen) atoms. The second-order valence-corrected chi connectivity index (χ2v) is 6.26. The molecular weight excluding hydrogens is 226 g/mol. The Kier molecular flexibility index (Phi) is 5.93. The van der Waals surface area contributed by atoms with Crippen LogP contribution in [0.15, 0.2) is 5.16 Å². The van der Waals surface area contributed by atoms with Crippen LogP contribution in [-0.4, -0.2) is 23.6 Å². The van der Waals surface area contributed by atoms with Crippen LogP contribution in [0.25, 0.3) is 0 Å². The van der Waals surface area contributed by atoms with Crippen LogP contribution < -0.4 is 11.1 Å². The van der Waals surface area contributed by atoms with Gasteiger partial charge in [-0.3, -0.25) is 0 Å². The monoisotopic (exact) mass is 255 g/mol. The number of rotatable bonds is 7. The number of nitrogens with two attached hydrogens (primary N) is 1. The normalized spacial score (nSPS) is 20.3. The van der Waals surface area contributed by atoms with Gasteiger partial charge in [0, 0.05) is 11.5 Å². The van der Waals surface area contributed by atoms with E-state index < -0.39 is 0 Å². The van der Waals surface area contributed by atoms with Crippen LogP contribution in [0.2, 0.25) is 0 Å². The van der Waals surface area contributed by atoms with Gasteiger partial charge in [-0.1, -0.05) is 31.8 Å². The Hall–Kier alpha value is -0.770. The van der Waals surface area contributed by atoms with E-state index in [0.29, 0.717) is 11.9 Å². The fourth-order valence-electron chi connectivity index (χ4n) is 2.75. The van der Waals surface area contributed by atoms with Crippen LogP contribution in [0.5, 0.6) is 0 Å². The first-order valence-corrected chi connectivity index (χ1v) is 7.19. The average molecular weight is 255 g/mol. The van der Waals surface area contributed by atoms with E-state index in [2.05, 4.69) is 17.4 Å². The van der Waals surface area contributed by atoms with E-state index >= 15 is 0 Å². The van der Waals surface area contributed by atoms with Crippen molar-refractivity contribution in [1.29, 1.82) is 0 Å². The topological polar surface area (TPSA) is 70.6 Å². The summed E-state index contributed by atoms with van der Waals surface area (Å²) in [7, 11) is 0. The molecule has 0 aliphatic heterocycles. The molecule has 1 atom stereocenters. The van der Waals surface area contributed by atoms with Crippen molar-refractivity contribution < 1.29 is 5.21 Å². The lowest BCUT2D eigenvalue weighted by molar-refractivity contribution is 0.303. The molecule has 0 radical (unpaired) electrons. The van der Waals surface area contributed by atoms with E-state index in [1.165, 1.54) is 25.7 Å². The molecule has 1 rings (SSSR count). The molecule has 0 heterocycles. The molecule has 4 heteroatoms. The molecule has 0 bridgehead atoms. The highest BCUT2D eigenvalue weighted by molar-refractivity contribution is 5.85. The van der Waals surface area contributed by atoms with Crippen molar-refractivity contribution in [3.8, 4) is 0 Å². The Morgan fingerprint density at radius 3 is 2.61 bits per heavy atom. The molecule has 0 unspecified atom stereocenters. The van der Waals surface area contributed by atoms with Gasteiger partial charge in [0.25, 0.3) is 0 Å². The molecule has 1 fully saturated rings. The van der Waals surface area contributed by atoms with Crippen molar-refractivity contribution in [3.05, 3.63) is 0 Å². The molecule has 0 spiro atoms. The lowest BCUT2D eigenvalue weighted by Gasteiger charge is -2.24. The van der Waals surface area contributed by atoms with Crippen molar-refractivity contribution in [2.45, 2.75) is 65.3 Å². The maximum absolute atomic E-state index is 8.71. The van der Waals surface area contributed by atoms with Gasteiger partial charge in [-0.15, -0.1) is 0 Å². The molecule has 0 aromatic rings. The molecule has 0 saturated heterocycles. The zero-order valence-corrected chi connectivity index (χ0v) is 12.1. The van der Waals surface area contributed by atoms with Crippen molar-refractivity contribution in [3.63, 3.8) is 0 Å². The fraction of sp³-hybridized carbons (Fsp3) is 0.929. The maximum atomic E-state index is 8.71. The van der Waals surface area contributed by atoms with Gasteiger partial charge in [-0.05, 0) is 45.1 Å². The van der Waals surface area contributed by atoms with Crippen LogP contribution >= 0.6 is 0 Å². The van der Waals surface area contributed by atoms with Gasteiger partial charge in [0.2, 0.25) is 0 Å². The molecule has 1 saturated carbocycles. The Balaban J connectivity index is 2.18. The van der Waals surface area contributed by atoms with Gasteiger partial charge < -0.3 is 16.3 Å². The molecule has 106 valence electrons. The standard InChI is InChI=1S/C14H29N3O/c1-11(12-7-4-5-8-12)16-10-6-9-14(2,3)13(15)17-18/h11-12,16,18H,4-10H2,1-3H3,(H2,15,17)/t11-/m1/s1. The Labute approximate surface area is 111 Å². The first-order valence-electron chi connectivity index (χ1n) is 7.19. The minimum atomic E-state index is -0.215. The Morgan fingerprint density at radius 2 is 2.06 bits per heavy atom. The zero-order valence-electron chi connectivity index (χ0n) is 12.1. The van der Waals surface area contributed by atoms with E-state index in [4.69, 9.17) is 10.9 Å².